The van der Waals surface area contributed by atoms with Crippen LogP contribution in [0.5, 0.6) is 0 Å². The lowest BCUT2D eigenvalue weighted by atomic mass is 10.0. The van der Waals surface area contributed by atoms with E-state index in [0.717, 1.165) is 0 Å². The van der Waals surface area contributed by atoms with Crippen molar-refractivity contribution in [1.29, 1.82) is 0 Å². The maximum Gasteiger partial charge on any atom is 0.285 e. The van der Waals surface area contributed by atoms with Crippen molar-refractivity contribution >= 4 is 22.6 Å². The van der Waals surface area contributed by atoms with Crippen LogP contribution in [-0.4, -0.2) is 52.7 Å². The lowest BCUT2D eigenvalue weighted by Crippen LogP contribution is -2.42. The van der Waals surface area contributed by atoms with Crippen molar-refractivity contribution in [3.63, 3.8) is 0 Å². The number of alkyl halides is 2. The number of nitrogens with one attached hydrogen (secondary N) is 2. The lowest BCUT2D eigenvalue weighted by molar-refractivity contribution is -0.0616. The predicted molar refractivity (Wildman–Crippen MR) is 110 cm³/mol. The third kappa shape index (κ3) is 4.19. The third-order valence-corrected chi connectivity index (χ3v) is 5.19. The topological polar surface area (TPSA) is 74.0 Å². The summed E-state index contributed by atoms with van der Waals surface area (Å²) in [6.07, 6.45) is 1.44. The quantitative estimate of drug-likeness (QED) is 0.665. The lowest BCUT2D eigenvalue weighted by Gasteiger charge is -2.30. The Kier molecular flexibility index (Phi) is 6.07. The zero-order chi connectivity index (χ0) is 19.9. The highest BCUT2D eigenvalue weighted by molar-refractivity contribution is 6.33. The van der Waals surface area contributed by atoms with Crippen molar-refractivity contribution in [2.75, 3.05) is 32.8 Å². The third-order valence-electron chi connectivity index (χ3n) is 4.87. The van der Waals surface area contributed by atoms with Gasteiger partial charge in [0, 0.05) is 24.8 Å². The number of imidazole rings is 1. The molecule has 1 aliphatic rings. The number of hydrogen-bond acceptors (Lipinski definition) is 4. The van der Waals surface area contributed by atoms with Crippen LogP contribution >= 0.6 is 11.6 Å². The molecular weight excluding hydrogens is 402 g/mol. The van der Waals surface area contributed by atoms with Crippen molar-refractivity contribution in [3.8, 4) is 11.4 Å². The number of morpholine rings is 1. The van der Waals surface area contributed by atoms with Crippen molar-refractivity contribution < 1.29 is 13.5 Å². The second kappa shape index (κ2) is 8.22. The first-order valence-electron chi connectivity index (χ1n) is 8.91. The Morgan fingerprint density at radius 1 is 1.31 bits per heavy atom. The van der Waals surface area contributed by atoms with Crippen LogP contribution in [0, 0.1) is 6.92 Å². The molecule has 4 rings (SSSR count). The average molecular weight is 425 g/mol. The monoisotopic (exact) mass is 424 g/mol. The van der Waals surface area contributed by atoms with Gasteiger partial charge in [-0.1, -0.05) is 19.0 Å². The molecule has 9 heteroatoms. The Morgan fingerprint density at radius 3 is 2.72 bits per heavy atom. The first kappa shape index (κ1) is 21.4. The molecule has 0 atom stereocenters. The Labute approximate surface area is 171 Å². The maximum atomic E-state index is 14.9. The molecule has 1 saturated heterocycles. The van der Waals surface area contributed by atoms with Gasteiger partial charge in [0.1, 0.15) is 11.4 Å². The van der Waals surface area contributed by atoms with Crippen LogP contribution < -0.4 is 5.56 Å². The number of pyridine rings is 1. The summed E-state index contributed by atoms with van der Waals surface area (Å²) < 4.78 is 35.0. The molecule has 6 nitrogen and oxygen atoms in total. The van der Waals surface area contributed by atoms with E-state index in [4.69, 9.17) is 16.3 Å². The van der Waals surface area contributed by atoms with E-state index in [1.54, 1.807) is 17.9 Å². The van der Waals surface area contributed by atoms with E-state index in [9.17, 15) is 13.6 Å². The minimum atomic E-state index is -3.02. The summed E-state index contributed by atoms with van der Waals surface area (Å²) in [5, 5.41) is 0.235. The van der Waals surface area contributed by atoms with E-state index in [0.29, 0.717) is 42.9 Å². The number of aryl methyl sites for hydroxylation is 1. The molecule has 0 bridgehead atoms. The minimum absolute atomic E-state index is 0. The maximum absolute atomic E-state index is 14.9. The second-order valence-electron chi connectivity index (χ2n) is 6.90. The van der Waals surface area contributed by atoms with Crippen LogP contribution in [0.4, 0.5) is 8.78 Å². The average Bonchev–Trinajstić information content (AvgIpc) is 3.06. The minimum Gasteiger partial charge on any atom is -0.379 e. The highest BCUT2D eigenvalue weighted by atomic mass is 35.5. The Hall–Kier alpha value is -2.29. The van der Waals surface area contributed by atoms with E-state index in [1.165, 1.54) is 18.3 Å². The molecule has 3 aromatic rings. The molecule has 0 aliphatic carbocycles. The molecule has 3 heterocycles. The van der Waals surface area contributed by atoms with Crippen molar-refractivity contribution in [1.82, 2.24) is 19.9 Å². The van der Waals surface area contributed by atoms with E-state index in [2.05, 4.69) is 15.0 Å². The van der Waals surface area contributed by atoms with Crippen LogP contribution in [0.2, 0.25) is 5.02 Å². The molecule has 29 heavy (non-hydrogen) atoms. The molecule has 1 aromatic carbocycles. The molecule has 2 N–H and O–H groups in total. The standard InChI is InChI=1S/C19H19ClF2N4O2.CH4/c1-11-8-12(19(21,22)10-26-4-6-28-7-5-26)9-14-16(11)25-17(24-14)15-13(20)2-3-23-18(15)27;/h2-3,8-9H,4-7,10H2,1H3,(H,23,27)(H,24,25);1H4. The van der Waals surface area contributed by atoms with Crippen molar-refractivity contribution in [3.05, 3.63) is 50.9 Å². The summed E-state index contributed by atoms with van der Waals surface area (Å²) in [7, 11) is 0. The summed E-state index contributed by atoms with van der Waals surface area (Å²) in [4.78, 5) is 23.7. The Balaban J connectivity index is 0.00000240. The number of fused-ring (bicyclic) bond motifs is 1. The summed E-state index contributed by atoms with van der Waals surface area (Å²) in [5.74, 6) is -2.78. The number of hydrogen-bond donors (Lipinski definition) is 2. The van der Waals surface area contributed by atoms with Crippen LogP contribution in [0.25, 0.3) is 22.4 Å². The number of benzene rings is 1. The SMILES string of the molecule is C.Cc1cc(C(F)(F)CN2CCOCC2)cc2[nH]c(-c3c(Cl)cc[nH]c3=O)nc12. The molecule has 0 unspecified atom stereocenters. The Morgan fingerprint density at radius 2 is 2.03 bits per heavy atom. The first-order chi connectivity index (χ1) is 13.3. The van der Waals surface area contributed by atoms with E-state index in [-0.39, 0.29) is 35.9 Å². The first-order valence-corrected chi connectivity index (χ1v) is 9.29. The Bertz CT molecular complexity index is 1070. The van der Waals surface area contributed by atoms with Gasteiger partial charge in [0.05, 0.1) is 35.8 Å². The zero-order valence-corrected chi connectivity index (χ0v) is 15.9. The molecule has 0 saturated carbocycles. The summed E-state index contributed by atoms with van der Waals surface area (Å²) in [6, 6.07) is 4.38. The normalized spacial score (nSPS) is 15.4. The number of aromatic nitrogens is 3. The molecule has 0 spiro atoms. The van der Waals surface area contributed by atoms with Gasteiger partial charge in [-0.25, -0.2) is 4.98 Å². The second-order valence-corrected chi connectivity index (χ2v) is 7.30. The highest BCUT2D eigenvalue weighted by Gasteiger charge is 2.35. The number of ether oxygens (including phenoxy) is 1. The van der Waals surface area contributed by atoms with Gasteiger partial charge in [-0.2, -0.15) is 8.78 Å². The smallest absolute Gasteiger partial charge is 0.285 e. The van der Waals surface area contributed by atoms with E-state index in [1.807, 2.05) is 0 Å². The fraction of sp³-hybridized carbons (Fsp3) is 0.400. The fourth-order valence-electron chi connectivity index (χ4n) is 3.43. The molecular formula is C20H23ClF2N4O2. The summed E-state index contributed by atoms with van der Waals surface area (Å²) >= 11 is 6.13. The number of rotatable bonds is 4. The van der Waals surface area contributed by atoms with Crippen LogP contribution in [-0.2, 0) is 10.7 Å². The molecule has 0 radical (unpaired) electrons. The van der Waals surface area contributed by atoms with Gasteiger partial charge in [0.25, 0.3) is 11.5 Å². The number of aromatic amines is 2. The largest absolute Gasteiger partial charge is 0.379 e. The molecule has 1 aliphatic heterocycles. The highest BCUT2D eigenvalue weighted by Crippen LogP contribution is 2.34. The summed E-state index contributed by atoms with van der Waals surface area (Å²) in [6.45, 7) is 3.25. The van der Waals surface area contributed by atoms with Gasteiger partial charge in [-0.05, 0) is 30.7 Å². The van der Waals surface area contributed by atoms with Gasteiger partial charge in [-0.15, -0.1) is 0 Å². The fourth-order valence-corrected chi connectivity index (χ4v) is 3.66. The van der Waals surface area contributed by atoms with Gasteiger partial charge in [0.15, 0.2) is 0 Å². The van der Waals surface area contributed by atoms with Gasteiger partial charge >= 0.3 is 0 Å². The van der Waals surface area contributed by atoms with Crippen molar-refractivity contribution in [2.24, 2.45) is 0 Å². The van der Waals surface area contributed by atoms with Gasteiger partial charge in [-0.3, -0.25) is 9.69 Å². The van der Waals surface area contributed by atoms with Crippen LogP contribution in [0.1, 0.15) is 18.6 Å². The van der Waals surface area contributed by atoms with E-state index >= 15 is 0 Å². The van der Waals surface area contributed by atoms with Crippen LogP contribution in [0.3, 0.4) is 0 Å². The zero-order valence-electron chi connectivity index (χ0n) is 15.2. The van der Waals surface area contributed by atoms with E-state index < -0.39 is 11.5 Å². The molecule has 0 amide bonds. The molecule has 2 aromatic heterocycles. The number of H-pyrrole nitrogens is 2. The van der Waals surface area contributed by atoms with Gasteiger partial charge in [0.2, 0.25) is 0 Å². The van der Waals surface area contributed by atoms with Crippen LogP contribution in [0.15, 0.2) is 29.2 Å². The number of halogens is 3. The van der Waals surface area contributed by atoms with Crippen molar-refractivity contribution in [2.45, 2.75) is 20.3 Å². The van der Waals surface area contributed by atoms with Gasteiger partial charge < -0.3 is 14.7 Å². The molecule has 1 fully saturated rings. The number of nitrogens with zero attached hydrogens (tertiary/aromatic N) is 2. The predicted octanol–water partition coefficient (Wildman–Crippen LogP) is 3.94. The summed E-state index contributed by atoms with van der Waals surface area (Å²) in [5.41, 5.74) is 1.25. The molecule has 156 valence electrons.